The van der Waals surface area contributed by atoms with Crippen LogP contribution in [0.2, 0.25) is 0 Å². The highest BCUT2D eigenvalue weighted by Gasteiger charge is 2.22. The van der Waals surface area contributed by atoms with E-state index in [2.05, 4.69) is 15.4 Å². The molecule has 0 bridgehead atoms. The minimum absolute atomic E-state index is 0.103. The first kappa shape index (κ1) is 14.2. The molecule has 1 aromatic heterocycles. The van der Waals surface area contributed by atoms with E-state index in [0.717, 1.165) is 5.56 Å². The summed E-state index contributed by atoms with van der Waals surface area (Å²) >= 11 is 0. The van der Waals surface area contributed by atoms with E-state index in [9.17, 15) is 4.79 Å². The number of hydrogen-bond donors (Lipinski definition) is 2. The molecule has 0 aliphatic heterocycles. The van der Waals surface area contributed by atoms with Gasteiger partial charge in [0.2, 0.25) is 5.91 Å². The minimum Gasteiger partial charge on any atom is -0.348 e. The largest absolute Gasteiger partial charge is 0.348 e. The molecule has 2 aromatic rings. The maximum Gasteiger partial charge on any atom is 0.225 e. The molecule has 0 aliphatic rings. The Morgan fingerprint density at radius 3 is 2.70 bits per heavy atom. The molecule has 1 amide bonds. The molecule has 20 heavy (non-hydrogen) atoms. The molecule has 0 saturated heterocycles. The van der Waals surface area contributed by atoms with E-state index in [-0.39, 0.29) is 17.9 Å². The van der Waals surface area contributed by atoms with Crippen molar-refractivity contribution in [3.63, 3.8) is 0 Å². The summed E-state index contributed by atoms with van der Waals surface area (Å²) in [6, 6.07) is 9.28. The normalized spacial score (nSPS) is 13.8. The molecular weight excluding hydrogens is 254 g/mol. The molecule has 1 heterocycles. The minimum atomic E-state index is -0.326. The van der Waals surface area contributed by atoms with E-state index in [1.54, 1.807) is 18.1 Å². The third kappa shape index (κ3) is 3.42. The van der Waals surface area contributed by atoms with Crippen molar-refractivity contribution >= 4 is 5.91 Å². The number of nitrogens with two attached hydrogens (primary N) is 1. The third-order valence-electron chi connectivity index (χ3n) is 3.20. The van der Waals surface area contributed by atoms with Gasteiger partial charge in [-0.3, -0.25) is 9.48 Å². The zero-order valence-corrected chi connectivity index (χ0v) is 11.7. The number of aromatic nitrogens is 3. The Morgan fingerprint density at radius 2 is 2.10 bits per heavy atom. The van der Waals surface area contributed by atoms with Crippen LogP contribution in [0.25, 0.3) is 0 Å². The summed E-state index contributed by atoms with van der Waals surface area (Å²) in [6.45, 7) is 2.13. The Kier molecular flexibility index (Phi) is 4.47. The van der Waals surface area contributed by atoms with Gasteiger partial charge in [-0.1, -0.05) is 37.3 Å². The molecule has 2 atom stereocenters. The average Bonchev–Trinajstić information content (AvgIpc) is 2.89. The van der Waals surface area contributed by atoms with E-state index in [1.807, 2.05) is 37.3 Å². The van der Waals surface area contributed by atoms with Gasteiger partial charge in [0.05, 0.1) is 12.5 Å². The molecule has 106 valence electrons. The fraction of sp³-hybridized carbons (Fsp3) is 0.357. The molecule has 0 saturated carbocycles. The molecule has 6 nitrogen and oxygen atoms in total. The average molecular weight is 273 g/mol. The quantitative estimate of drug-likeness (QED) is 0.842. The predicted octanol–water partition coefficient (Wildman–Crippen LogP) is 0.767. The number of rotatable bonds is 5. The van der Waals surface area contributed by atoms with Crippen molar-refractivity contribution in [3.8, 4) is 0 Å². The van der Waals surface area contributed by atoms with Crippen LogP contribution in [0.1, 0.15) is 24.4 Å². The van der Waals surface area contributed by atoms with Gasteiger partial charge < -0.3 is 11.1 Å². The number of nitrogens with zero attached hydrogens (tertiary/aromatic N) is 3. The number of hydrogen-bond acceptors (Lipinski definition) is 4. The van der Waals surface area contributed by atoms with Crippen LogP contribution in [0.5, 0.6) is 0 Å². The Morgan fingerprint density at radius 1 is 1.40 bits per heavy atom. The summed E-state index contributed by atoms with van der Waals surface area (Å²) in [5.41, 5.74) is 7.07. The highest BCUT2D eigenvalue weighted by atomic mass is 16.1. The first-order chi connectivity index (χ1) is 9.58. The maximum atomic E-state index is 12.1. The lowest BCUT2D eigenvalue weighted by atomic mass is 9.95. The van der Waals surface area contributed by atoms with Crippen LogP contribution in [0.15, 0.2) is 36.7 Å². The number of carbonyl (C=O) groups is 1. The van der Waals surface area contributed by atoms with Crippen LogP contribution in [-0.2, 0) is 18.4 Å². The molecule has 0 aliphatic carbocycles. The van der Waals surface area contributed by atoms with Crippen LogP contribution in [0, 0.1) is 5.92 Å². The van der Waals surface area contributed by atoms with Gasteiger partial charge in [0, 0.05) is 13.1 Å². The van der Waals surface area contributed by atoms with Gasteiger partial charge >= 0.3 is 0 Å². The molecule has 0 radical (unpaired) electrons. The van der Waals surface area contributed by atoms with Crippen molar-refractivity contribution in [1.82, 2.24) is 20.1 Å². The lowest BCUT2D eigenvalue weighted by molar-refractivity contribution is -0.125. The number of nitrogens with one attached hydrogen (secondary N) is 1. The summed E-state index contributed by atoms with van der Waals surface area (Å²) < 4.78 is 1.60. The van der Waals surface area contributed by atoms with Gasteiger partial charge in [0.25, 0.3) is 0 Å². The summed E-state index contributed by atoms with van der Waals surface area (Å²) in [5.74, 6) is 0.163. The van der Waals surface area contributed by atoms with Crippen LogP contribution >= 0.6 is 0 Å². The number of amides is 1. The Balaban J connectivity index is 1.91. The summed E-state index contributed by atoms with van der Waals surface area (Å²) in [6.07, 6.45) is 1.60. The standard InChI is InChI=1S/C14H19N5O/c1-10(13(15)11-6-4-3-5-7-11)14(20)16-8-12-17-9-19(2)18-12/h3-7,9-10,13H,8,15H2,1-2H3,(H,16,20). The molecule has 0 spiro atoms. The van der Waals surface area contributed by atoms with E-state index < -0.39 is 0 Å². The van der Waals surface area contributed by atoms with Crippen LogP contribution in [0.3, 0.4) is 0 Å². The maximum absolute atomic E-state index is 12.1. The van der Waals surface area contributed by atoms with Crippen molar-refractivity contribution in [3.05, 3.63) is 48.0 Å². The van der Waals surface area contributed by atoms with Gasteiger partial charge in [-0.2, -0.15) is 5.10 Å². The Labute approximate surface area is 118 Å². The highest BCUT2D eigenvalue weighted by molar-refractivity contribution is 5.79. The summed E-state index contributed by atoms with van der Waals surface area (Å²) in [7, 11) is 1.78. The topological polar surface area (TPSA) is 85.8 Å². The number of aryl methyl sites for hydroxylation is 1. The van der Waals surface area contributed by atoms with Crippen molar-refractivity contribution in [2.75, 3.05) is 0 Å². The summed E-state index contributed by atoms with van der Waals surface area (Å²) in [5, 5.41) is 6.91. The van der Waals surface area contributed by atoms with Crippen molar-refractivity contribution in [2.24, 2.45) is 18.7 Å². The Hall–Kier alpha value is -2.21. The highest BCUT2D eigenvalue weighted by Crippen LogP contribution is 2.18. The van der Waals surface area contributed by atoms with E-state index in [0.29, 0.717) is 12.4 Å². The van der Waals surface area contributed by atoms with Gasteiger partial charge in [-0.25, -0.2) is 4.98 Å². The first-order valence-corrected chi connectivity index (χ1v) is 6.50. The zero-order chi connectivity index (χ0) is 14.5. The van der Waals surface area contributed by atoms with Gasteiger partial charge in [0.15, 0.2) is 5.82 Å². The molecular formula is C14H19N5O. The van der Waals surface area contributed by atoms with Crippen molar-refractivity contribution in [2.45, 2.75) is 19.5 Å². The first-order valence-electron chi connectivity index (χ1n) is 6.50. The van der Waals surface area contributed by atoms with E-state index in [1.165, 1.54) is 0 Å². The molecule has 6 heteroatoms. The molecule has 0 fully saturated rings. The fourth-order valence-corrected chi connectivity index (χ4v) is 1.92. The van der Waals surface area contributed by atoms with Gasteiger partial charge in [-0.05, 0) is 5.56 Å². The lowest BCUT2D eigenvalue weighted by Gasteiger charge is -2.19. The number of carbonyl (C=O) groups excluding carboxylic acids is 1. The summed E-state index contributed by atoms with van der Waals surface area (Å²) in [4.78, 5) is 16.1. The smallest absolute Gasteiger partial charge is 0.225 e. The monoisotopic (exact) mass is 273 g/mol. The molecule has 3 N–H and O–H groups in total. The molecule has 2 rings (SSSR count). The predicted molar refractivity (Wildman–Crippen MR) is 75.4 cm³/mol. The Bertz CT molecular complexity index is 566. The SMILES string of the molecule is CC(C(=O)NCc1ncn(C)n1)C(N)c1ccccc1. The van der Waals surface area contributed by atoms with Crippen LogP contribution in [-0.4, -0.2) is 20.7 Å². The second-order valence-electron chi connectivity index (χ2n) is 4.78. The number of benzene rings is 1. The van der Waals surface area contributed by atoms with Gasteiger partial charge in [-0.15, -0.1) is 0 Å². The van der Waals surface area contributed by atoms with E-state index >= 15 is 0 Å². The van der Waals surface area contributed by atoms with Crippen molar-refractivity contribution in [1.29, 1.82) is 0 Å². The van der Waals surface area contributed by atoms with Crippen LogP contribution < -0.4 is 11.1 Å². The second-order valence-corrected chi connectivity index (χ2v) is 4.78. The third-order valence-corrected chi connectivity index (χ3v) is 3.20. The van der Waals surface area contributed by atoms with Crippen LogP contribution in [0.4, 0.5) is 0 Å². The lowest BCUT2D eigenvalue weighted by Crippen LogP contribution is -2.35. The molecule has 2 unspecified atom stereocenters. The molecule has 1 aromatic carbocycles. The fourth-order valence-electron chi connectivity index (χ4n) is 1.92. The van der Waals surface area contributed by atoms with E-state index in [4.69, 9.17) is 5.73 Å². The van der Waals surface area contributed by atoms with Crippen molar-refractivity contribution < 1.29 is 4.79 Å². The zero-order valence-electron chi connectivity index (χ0n) is 11.7. The second kappa shape index (κ2) is 6.29. The van der Waals surface area contributed by atoms with Gasteiger partial charge in [0.1, 0.15) is 6.33 Å².